The van der Waals surface area contributed by atoms with E-state index in [0.717, 1.165) is 19.3 Å². The third-order valence-corrected chi connectivity index (χ3v) is 3.50. The summed E-state index contributed by atoms with van der Waals surface area (Å²) >= 11 is 0. The van der Waals surface area contributed by atoms with Gasteiger partial charge in [0.15, 0.2) is 5.78 Å². The average Bonchev–Trinajstić information content (AvgIpc) is 2.54. The van der Waals surface area contributed by atoms with Gasteiger partial charge in [-0.2, -0.15) is 0 Å². The first-order valence-electron chi connectivity index (χ1n) is 8.64. The molecule has 0 aliphatic carbocycles. The zero-order valence-electron chi connectivity index (χ0n) is 14.8. The van der Waals surface area contributed by atoms with Crippen LogP contribution in [0, 0.1) is 0 Å². The van der Waals surface area contributed by atoms with Crippen molar-refractivity contribution in [2.24, 2.45) is 0 Å². The van der Waals surface area contributed by atoms with Gasteiger partial charge in [-0.3, -0.25) is 14.4 Å². The van der Waals surface area contributed by atoms with Crippen molar-refractivity contribution in [1.82, 2.24) is 5.32 Å². The largest absolute Gasteiger partial charge is 0.427 e. The molecule has 1 amide bonds. The van der Waals surface area contributed by atoms with E-state index in [0.29, 0.717) is 30.6 Å². The van der Waals surface area contributed by atoms with Gasteiger partial charge >= 0.3 is 5.97 Å². The van der Waals surface area contributed by atoms with Crippen LogP contribution in [0.4, 0.5) is 0 Å². The van der Waals surface area contributed by atoms with Crippen LogP contribution in [0.3, 0.4) is 0 Å². The number of benzene rings is 1. The monoisotopic (exact) mass is 333 g/mol. The number of carbonyl (C=O) groups excluding carboxylic acids is 3. The van der Waals surface area contributed by atoms with E-state index in [1.165, 1.54) is 0 Å². The fourth-order valence-corrected chi connectivity index (χ4v) is 2.32. The highest BCUT2D eigenvalue weighted by Crippen LogP contribution is 2.21. The summed E-state index contributed by atoms with van der Waals surface area (Å²) in [6.45, 7) is 5.76. The quantitative estimate of drug-likeness (QED) is 0.523. The Morgan fingerprint density at radius 1 is 0.917 bits per heavy atom. The van der Waals surface area contributed by atoms with Gasteiger partial charge in [-0.25, -0.2) is 0 Å². The van der Waals surface area contributed by atoms with E-state index in [1.54, 1.807) is 24.3 Å². The molecule has 0 saturated carbocycles. The van der Waals surface area contributed by atoms with Crippen molar-refractivity contribution in [3.05, 3.63) is 29.8 Å². The van der Waals surface area contributed by atoms with Gasteiger partial charge in [0.05, 0.1) is 0 Å². The predicted octanol–water partition coefficient (Wildman–Crippen LogP) is 3.72. The minimum Gasteiger partial charge on any atom is -0.427 e. The maximum atomic E-state index is 12.3. The Hall–Kier alpha value is -2.17. The summed E-state index contributed by atoms with van der Waals surface area (Å²) in [6, 6.07) is 6.10. The summed E-state index contributed by atoms with van der Waals surface area (Å²) in [7, 11) is 0. The Kier molecular flexibility index (Phi) is 8.76. The summed E-state index contributed by atoms with van der Waals surface area (Å²) < 4.78 is 5.21. The molecule has 0 aliphatic heterocycles. The van der Waals surface area contributed by atoms with E-state index >= 15 is 0 Å². The molecular weight excluding hydrogens is 306 g/mol. The van der Waals surface area contributed by atoms with Crippen LogP contribution in [-0.4, -0.2) is 17.7 Å². The van der Waals surface area contributed by atoms with E-state index in [1.807, 2.05) is 20.8 Å². The minimum atomic E-state index is -0.649. The number of hydrogen-bond acceptors (Lipinski definition) is 4. The Morgan fingerprint density at radius 3 is 2.04 bits per heavy atom. The molecule has 0 aromatic heterocycles. The van der Waals surface area contributed by atoms with Gasteiger partial charge in [0.1, 0.15) is 11.8 Å². The highest BCUT2D eigenvalue weighted by Gasteiger charge is 2.21. The summed E-state index contributed by atoms with van der Waals surface area (Å²) in [5.41, 5.74) is 0.702. The molecule has 1 rings (SSSR count). The number of amides is 1. The molecule has 0 bridgehead atoms. The number of nitrogens with one attached hydrogen (secondary N) is 1. The van der Waals surface area contributed by atoms with Crippen LogP contribution in [0.25, 0.3) is 0 Å². The fraction of sp³-hybridized carbons (Fsp3) is 0.526. The molecule has 132 valence electrons. The SMILES string of the molecule is CCCC(=O)NC(C(=O)CCC)c1ccc(OC(=O)CCC)cc1. The van der Waals surface area contributed by atoms with Crippen molar-refractivity contribution in [3.8, 4) is 5.75 Å². The van der Waals surface area contributed by atoms with Crippen LogP contribution in [0.5, 0.6) is 5.75 Å². The molecule has 5 nitrogen and oxygen atoms in total. The van der Waals surface area contributed by atoms with Crippen LogP contribution < -0.4 is 10.1 Å². The lowest BCUT2D eigenvalue weighted by Crippen LogP contribution is -2.33. The van der Waals surface area contributed by atoms with Crippen LogP contribution in [-0.2, 0) is 14.4 Å². The zero-order valence-corrected chi connectivity index (χ0v) is 14.8. The number of ketones is 1. The third kappa shape index (κ3) is 6.52. The fourth-order valence-electron chi connectivity index (χ4n) is 2.32. The van der Waals surface area contributed by atoms with Crippen LogP contribution >= 0.6 is 0 Å². The highest BCUT2D eigenvalue weighted by molar-refractivity contribution is 5.90. The minimum absolute atomic E-state index is 0.0160. The Bertz CT molecular complexity index is 551. The number of hydrogen-bond donors (Lipinski definition) is 1. The second kappa shape index (κ2) is 10.6. The first-order chi connectivity index (χ1) is 11.5. The molecule has 1 unspecified atom stereocenters. The predicted molar refractivity (Wildman–Crippen MR) is 92.7 cm³/mol. The topological polar surface area (TPSA) is 72.5 Å². The van der Waals surface area contributed by atoms with E-state index < -0.39 is 6.04 Å². The maximum absolute atomic E-state index is 12.3. The molecule has 0 heterocycles. The summed E-state index contributed by atoms with van der Waals surface area (Å²) in [5.74, 6) is 0.0157. The molecule has 5 heteroatoms. The van der Waals surface area contributed by atoms with Gasteiger partial charge in [-0.1, -0.05) is 32.9 Å². The molecule has 1 aromatic rings. The van der Waals surface area contributed by atoms with Gasteiger partial charge in [0.25, 0.3) is 0 Å². The molecule has 0 aliphatic rings. The highest BCUT2D eigenvalue weighted by atomic mass is 16.5. The molecular formula is C19H27NO4. The van der Waals surface area contributed by atoms with Crippen LogP contribution in [0.2, 0.25) is 0 Å². The number of esters is 1. The first-order valence-corrected chi connectivity index (χ1v) is 8.64. The smallest absolute Gasteiger partial charge is 0.311 e. The van der Waals surface area contributed by atoms with Crippen molar-refractivity contribution < 1.29 is 19.1 Å². The molecule has 0 spiro atoms. The maximum Gasteiger partial charge on any atom is 0.311 e. The van der Waals surface area contributed by atoms with Gasteiger partial charge < -0.3 is 10.1 Å². The Labute approximate surface area is 143 Å². The van der Waals surface area contributed by atoms with Gasteiger partial charge in [-0.05, 0) is 37.0 Å². The normalized spacial score (nSPS) is 11.6. The van der Waals surface area contributed by atoms with E-state index in [-0.39, 0.29) is 17.7 Å². The van der Waals surface area contributed by atoms with Crippen LogP contribution in [0.15, 0.2) is 24.3 Å². The summed E-state index contributed by atoms with van der Waals surface area (Å²) in [6.07, 6.45) is 3.35. The van der Waals surface area contributed by atoms with Crippen molar-refractivity contribution in [2.45, 2.75) is 65.3 Å². The molecule has 24 heavy (non-hydrogen) atoms. The lowest BCUT2D eigenvalue weighted by atomic mass is 9.99. The van der Waals surface area contributed by atoms with Gasteiger partial charge in [-0.15, -0.1) is 0 Å². The lowest BCUT2D eigenvalue weighted by Gasteiger charge is -2.18. The third-order valence-electron chi connectivity index (χ3n) is 3.50. The van der Waals surface area contributed by atoms with Crippen molar-refractivity contribution >= 4 is 17.7 Å². The van der Waals surface area contributed by atoms with Crippen LogP contribution in [0.1, 0.15) is 70.9 Å². The summed E-state index contributed by atoms with van der Waals surface area (Å²) in [4.78, 5) is 35.7. The standard InChI is InChI=1S/C19H27NO4/c1-4-7-16(21)19(20-17(22)8-5-2)14-10-12-15(13-11-14)24-18(23)9-6-3/h10-13,19H,4-9H2,1-3H3,(H,20,22). The molecule has 0 fully saturated rings. The second-order valence-corrected chi connectivity index (χ2v) is 5.76. The number of rotatable bonds is 10. The average molecular weight is 333 g/mol. The van der Waals surface area contributed by atoms with Crippen molar-refractivity contribution in [1.29, 1.82) is 0 Å². The molecule has 1 atom stereocenters. The Morgan fingerprint density at radius 2 is 1.50 bits per heavy atom. The van der Waals surface area contributed by atoms with E-state index in [9.17, 15) is 14.4 Å². The van der Waals surface area contributed by atoms with E-state index in [2.05, 4.69) is 5.32 Å². The molecule has 0 saturated heterocycles. The summed E-state index contributed by atoms with van der Waals surface area (Å²) in [5, 5.41) is 2.80. The van der Waals surface area contributed by atoms with E-state index in [4.69, 9.17) is 4.74 Å². The number of carbonyl (C=O) groups is 3. The van der Waals surface area contributed by atoms with Crippen molar-refractivity contribution in [3.63, 3.8) is 0 Å². The molecule has 0 radical (unpaired) electrons. The number of Topliss-reactive ketones (excluding diaryl/α,β-unsaturated/α-hetero) is 1. The second-order valence-electron chi connectivity index (χ2n) is 5.76. The lowest BCUT2D eigenvalue weighted by molar-refractivity contribution is -0.134. The van der Waals surface area contributed by atoms with Gasteiger partial charge in [0.2, 0.25) is 5.91 Å². The molecule has 1 N–H and O–H groups in total. The zero-order chi connectivity index (χ0) is 17.9. The van der Waals surface area contributed by atoms with Crippen molar-refractivity contribution in [2.75, 3.05) is 0 Å². The molecule has 1 aromatic carbocycles. The first kappa shape index (κ1) is 19.9. The Balaban J connectivity index is 2.87. The number of ether oxygens (including phenoxy) is 1. The van der Waals surface area contributed by atoms with Gasteiger partial charge in [0, 0.05) is 19.3 Å².